The second kappa shape index (κ2) is 10.1. The third-order valence-electron chi connectivity index (χ3n) is 5.55. The zero-order valence-corrected chi connectivity index (χ0v) is 16.2. The fourth-order valence-electron chi connectivity index (χ4n) is 4.09. The lowest BCUT2D eigenvalue weighted by molar-refractivity contribution is 0.0589. The number of likely N-dealkylation sites (N-methyl/N-ethyl adjacent to an activating group) is 1. The summed E-state index contributed by atoms with van der Waals surface area (Å²) in [5.74, 6) is 0.221. The summed E-state index contributed by atoms with van der Waals surface area (Å²) >= 11 is 0. The number of carbonyl (C=O) groups excluding carboxylic acids is 1. The molecule has 2 aliphatic rings. The number of nitrogens with one attached hydrogen (secondary N) is 1. The number of halogens is 1. The molecule has 1 aromatic carbocycles. The molecule has 0 atom stereocenters. The summed E-state index contributed by atoms with van der Waals surface area (Å²) in [6.45, 7) is 5.22. The monoisotopic (exact) mass is 365 g/mol. The van der Waals surface area contributed by atoms with Gasteiger partial charge >= 0.3 is 0 Å². The smallest absolute Gasteiger partial charge is 0.254 e. The predicted molar refractivity (Wildman–Crippen MR) is 106 cm³/mol. The molecule has 2 aliphatic heterocycles. The number of nitrogens with zero attached hydrogens (tertiary/aromatic N) is 2. The van der Waals surface area contributed by atoms with Crippen LogP contribution in [-0.2, 0) is 6.42 Å². The van der Waals surface area contributed by atoms with E-state index in [1.807, 2.05) is 25.2 Å². The van der Waals surface area contributed by atoms with Crippen molar-refractivity contribution in [3.8, 4) is 0 Å². The summed E-state index contributed by atoms with van der Waals surface area (Å²) in [5, 5.41) is 3.17. The van der Waals surface area contributed by atoms with E-state index in [9.17, 15) is 4.79 Å². The average molecular weight is 366 g/mol. The number of hydrogen-bond acceptors (Lipinski definition) is 3. The number of amides is 1. The number of rotatable bonds is 5. The van der Waals surface area contributed by atoms with Gasteiger partial charge in [0.15, 0.2) is 0 Å². The zero-order chi connectivity index (χ0) is 16.8. The van der Waals surface area contributed by atoms with Crippen LogP contribution in [0.15, 0.2) is 24.3 Å². The standard InChI is InChI=1S/C20H31N3O.ClH/c1-21-12-9-17-7-3-4-8-19(17)20(24)23-15-10-18(11-16-23)22-13-5-2-6-14-22;/h3-4,7-8,18,21H,2,5-6,9-16H2,1H3;1H. The maximum Gasteiger partial charge on any atom is 0.254 e. The van der Waals surface area contributed by atoms with Gasteiger partial charge in [-0.3, -0.25) is 4.79 Å². The summed E-state index contributed by atoms with van der Waals surface area (Å²) in [7, 11) is 1.95. The van der Waals surface area contributed by atoms with Crippen LogP contribution in [-0.4, -0.2) is 61.5 Å². The summed E-state index contributed by atoms with van der Waals surface area (Å²) in [5.41, 5.74) is 2.05. The van der Waals surface area contributed by atoms with Crippen molar-refractivity contribution in [1.29, 1.82) is 0 Å². The lowest BCUT2D eigenvalue weighted by Crippen LogP contribution is -2.48. The van der Waals surface area contributed by atoms with Crippen LogP contribution in [0.2, 0.25) is 0 Å². The van der Waals surface area contributed by atoms with E-state index in [2.05, 4.69) is 21.2 Å². The van der Waals surface area contributed by atoms with Crippen LogP contribution in [0.1, 0.15) is 48.0 Å². The van der Waals surface area contributed by atoms with E-state index in [0.717, 1.165) is 50.0 Å². The van der Waals surface area contributed by atoms with Crippen LogP contribution in [0.4, 0.5) is 0 Å². The van der Waals surface area contributed by atoms with Crippen LogP contribution < -0.4 is 5.32 Å². The van der Waals surface area contributed by atoms with Gasteiger partial charge in [0, 0.05) is 24.7 Å². The molecule has 1 amide bonds. The Morgan fingerprint density at radius 2 is 1.76 bits per heavy atom. The number of piperidine rings is 2. The molecule has 25 heavy (non-hydrogen) atoms. The van der Waals surface area contributed by atoms with E-state index >= 15 is 0 Å². The van der Waals surface area contributed by atoms with Crippen molar-refractivity contribution >= 4 is 18.3 Å². The van der Waals surface area contributed by atoms with E-state index in [1.54, 1.807) is 0 Å². The molecule has 140 valence electrons. The highest BCUT2D eigenvalue weighted by atomic mass is 35.5. The van der Waals surface area contributed by atoms with Crippen molar-refractivity contribution in [1.82, 2.24) is 15.1 Å². The molecule has 2 heterocycles. The number of benzene rings is 1. The van der Waals surface area contributed by atoms with Gasteiger partial charge in [-0.15, -0.1) is 12.4 Å². The van der Waals surface area contributed by atoms with Gasteiger partial charge in [-0.05, 0) is 70.4 Å². The first-order valence-electron chi connectivity index (χ1n) is 9.55. The number of likely N-dealkylation sites (tertiary alicyclic amines) is 2. The average Bonchev–Trinajstić information content (AvgIpc) is 2.67. The first-order valence-corrected chi connectivity index (χ1v) is 9.55. The van der Waals surface area contributed by atoms with Gasteiger partial charge in [0.05, 0.1) is 0 Å². The van der Waals surface area contributed by atoms with Gasteiger partial charge in [-0.2, -0.15) is 0 Å². The highest BCUT2D eigenvalue weighted by Gasteiger charge is 2.28. The van der Waals surface area contributed by atoms with Crippen LogP contribution in [0.25, 0.3) is 0 Å². The zero-order valence-electron chi connectivity index (χ0n) is 15.4. The highest BCUT2D eigenvalue weighted by molar-refractivity contribution is 5.95. The van der Waals surface area contributed by atoms with Gasteiger partial charge in [0.2, 0.25) is 0 Å². The fourth-order valence-corrected chi connectivity index (χ4v) is 4.09. The molecule has 0 unspecified atom stereocenters. The summed E-state index contributed by atoms with van der Waals surface area (Å²) < 4.78 is 0. The maximum absolute atomic E-state index is 13.0. The van der Waals surface area contributed by atoms with Crippen LogP contribution in [0, 0.1) is 0 Å². The van der Waals surface area contributed by atoms with Crippen molar-refractivity contribution in [2.45, 2.75) is 44.6 Å². The van der Waals surface area contributed by atoms with Gasteiger partial charge in [0.1, 0.15) is 0 Å². The molecule has 0 aliphatic carbocycles. The fraction of sp³-hybridized carbons (Fsp3) is 0.650. The largest absolute Gasteiger partial charge is 0.339 e. The Morgan fingerprint density at radius 3 is 2.44 bits per heavy atom. The lowest BCUT2D eigenvalue weighted by Gasteiger charge is -2.40. The number of carbonyl (C=O) groups is 1. The van der Waals surface area contributed by atoms with Gasteiger partial charge in [0.25, 0.3) is 5.91 Å². The van der Waals surface area contributed by atoms with E-state index in [4.69, 9.17) is 0 Å². The minimum absolute atomic E-state index is 0. The maximum atomic E-state index is 13.0. The highest BCUT2D eigenvalue weighted by Crippen LogP contribution is 2.22. The lowest BCUT2D eigenvalue weighted by atomic mass is 9.98. The second-order valence-corrected chi connectivity index (χ2v) is 7.13. The molecule has 0 spiro atoms. The predicted octanol–water partition coefficient (Wildman–Crippen LogP) is 2.96. The van der Waals surface area contributed by atoms with Crippen molar-refractivity contribution in [2.75, 3.05) is 39.8 Å². The van der Waals surface area contributed by atoms with Crippen molar-refractivity contribution in [3.63, 3.8) is 0 Å². The Bertz CT molecular complexity index is 537. The normalized spacial score (nSPS) is 19.5. The molecule has 0 radical (unpaired) electrons. The van der Waals surface area contributed by atoms with Gasteiger partial charge < -0.3 is 15.1 Å². The van der Waals surface area contributed by atoms with Crippen molar-refractivity contribution in [3.05, 3.63) is 35.4 Å². The Morgan fingerprint density at radius 1 is 1.08 bits per heavy atom. The third kappa shape index (κ3) is 5.19. The SMILES string of the molecule is CNCCc1ccccc1C(=O)N1CCC(N2CCCCC2)CC1.Cl. The first kappa shape index (κ1) is 20.2. The molecule has 3 rings (SSSR count). The van der Waals surface area contributed by atoms with E-state index in [0.29, 0.717) is 6.04 Å². The molecule has 1 aromatic rings. The molecule has 0 bridgehead atoms. The molecule has 2 saturated heterocycles. The minimum atomic E-state index is 0. The van der Waals surface area contributed by atoms with E-state index < -0.39 is 0 Å². The van der Waals surface area contributed by atoms with Crippen molar-refractivity contribution in [2.24, 2.45) is 0 Å². The summed E-state index contributed by atoms with van der Waals surface area (Å²) in [4.78, 5) is 17.7. The first-order chi connectivity index (χ1) is 11.8. The van der Waals surface area contributed by atoms with Crippen LogP contribution in [0.3, 0.4) is 0 Å². The molecule has 0 saturated carbocycles. The summed E-state index contributed by atoms with van der Waals surface area (Å²) in [6, 6.07) is 8.78. The quantitative estimate of drug-likeness (QED) is 0.871. The molecule has 1 N–H and O–H groups in total. The topological polar surface area (TPSA) is 35.6 Å². The molecule has 4 nitrogen and oxygen atoms in total. The molecule has 2 fully saturated rings. The van der Waals surface area contributed by atoms with Crippen molar-refractivity contribution < 1.29 is 4.79 Å². The van der Waals surface area contributed by atoms with Crippen LogP contribution >= 0.6 is 12.4 Å². The van der Waals surface area contributed by atoms with E-state index in [-0.39, 0.29) is 18.3 Å². The molecule has 0 aromatic heterocycles. The Labute approximate surface area is 158 Å². The molecular formula is C20H32ClN3O. The number of hydrogen-bond donors (Lipinski definition) is 1. The Hall–Kier alpha value is -1.10. The molecule has 5 heteroatoms. The minimum Gasteiger partial charge on any atom is -0.339 e. The third-order valence-corrected chi connectivity index (χ3v) is 5.55. The summed E-state index contributed by atoms with van der Waals surface area (Å²) in [6.07, 6.45) is 7.24. The van der Waals surface area contributed by atoms with Gasteiger partial charge in [-0.25, -0.2) is 0 Å². The van der Waals surface area contributed by atoms with Crippen LogP contribution in [0.5, 0.6) is 0 Å². The Kier molecular flexibility index (Phi) is 8.20. The van der Waals surface area contributed by atoms with E-state index in [1.165, 1.54) is 32.4 Å². The second-order valence-electron chi connectivity index (χ2n) is 7.13. The molecular weight excluding hydrogens is 334 g/mol. The van der Waals surface area contributed by atoms with Gasteiger partial charge in [-0.1, -0.05) is 24.6 Å². The Balaban J connectivity index is 0.00000225.